The third-order valence-corrected chi connectivity index (χ3v) is 5.99. The maximum Gasteiger partial charge on any atom is 0.221 e. The quantitative estimate of drug-likeness (QED) is 0.386. The Labute approximate surface area is 190 Å². The van der Waals surface area contributed by atoms with Crippen LogP contribution in [0.2, 0.25) is 0 Å². The van der Waals surface area contributed by atoms with E-state index in [4.69, 9.17) is 9.47 Å². The maximum absolute atomic E-state index is 12.8. The first-order chi connectivity index (χ1) is 15.5. The number of benzene rings is 2. The van der Waals surface area contributed by atoms with Crippen molar-refractivity contribution in [1.82, 2.24) is 14.8 Å². The molecule has 0 spiro atoms. The number of carbonyl (C=O) groups excluding carboxylic acids is 2. The fourth-order valence-electron chi connectivity index (χ4n) is 3.37. The van der Waals surface area contributed by atoms with Crippen molar-refractivity contribution >= 4 is 29.1 Å². The predicted octanol–water partition coefficient (Wildman–Crippen LogP) is 4.10. The summed E-state index contributed by atoms with van der Waals surface area (Å²) < 4.78 is 12.5. The van der Waals surface area contributed by atoms with Gasteiger partial charge in [0, 0.05) is 24.1 Å². The molecule has 1 heterocycles. The highest BCUT2D eigenvalue weighted by molar-refractivity contribution is 7.99. The molecule has 0 radical (unpaired) electrons. The zero-order valence-corrected chi connectivity index (χ0v) is 18.9. The van der Waals surface area contributed by atoms with Gasteiger partial charge in [-0.25, -0.2) is 0 Å². The van der Waals surface area contributed by atoms with Gasteiger partial charge in [-0.15, -0.1) is 10.2 Å². The van der Waals surface area contributed by atoms with Crippen LogP contribution in [-0.4, -0.2) is 46.4 Å². The van der Waals surface area contributed by atoms with E-state index in [1.54, 1.807) is 25.3 Å². The standard InChI is InChI=1S/C23H24N4O4S/c1-14(28)24-17-5-4-6-18(12-17)27-22(15-7-8-15)25-26-23(27)32-13-19(29)16-9-10-20(30-2)21(11-16)31-3/h4-6,9-12,15H,7-8,13H2,1-3H3,(H,24,28). The fraction of sp³-hybridized carbons (Fsp3) is 0.304. The lowest BCUT2D eigenvalue weighted by molar-refractivity contribution is -0.114. The molecule has 0 aliphatic heterocycles. The van der Waals surface area contributed by atoms with E-state index in [1.807, 2.05) is 28.8 Å². The molecule has 0 unspecified atom stereocenters. The molecule has 0 bridgehead atoms. The van der Waals surface area contributed by atoms with Crippen LogP contribution < -0.4 is 14.8 Å². The molecule has 32 heavy (non-hydrogen) atoms. The minimum Gasteiger partial charge on any atom is -0.493 e. The number of amides is 1. The van der Waals surface area contributed by atoms with Crippen LogP contribution in [0.4, 0.5) is 5.69 Å². The van der Waals surface area contributed by atoms with Gasteiger partial charge in [-0.1, -0.05) is 17.8 Å². The van der Waals surface area contributed by atoms with E-state index < -0.39 is 0 Å². The Balaban J connectivity index is 1.58. The molecule has 1 aliphatic carbocycles. The molecule has 1 amide bonds. The van der Waals surface area contributed by atoms with Crippen LogP contribution in [0, 0.1) is 0 Å². The number of rotatable bonds is 9. The second kappa shape index (κ2) is 9.44. The topological polar surface area (TPSA) is 95.3 Å². The third kappa shape index (κ3) is 4.77. The summed E-state index contributed by atoms with van der Waals surface area (Å²) in [5.41, 5.74) is 2.09. The monoisotopic (exact) mass is 452 g/mol. The van der Waals surface area contributed by atoms with Gasteiger partial charge in [0.2, 0.25) is 5.91 Å². The Morgan fingerprint density at radius 3 is 2.56 bits per heavy atom. The fourth-order valence-corrected chi connectivity index (χ4v) is 4.23. The Bertz CT molecular complexity index is 1160. The van der Waals surface area contributed by atoms with Gasteiger partial charge in [0.25, 0.3) is 0 Å². The molecule has 0 atom stereocenters. The molecule has 9 heteroatoms. The molecule has 1 aliphatic rings. The molecular formula is C23H24N4O4S. The number of Topliss-reactive ketones (excluding diaryl/α,β-unsaturated/α-hetero) is 1. The van der Waals surface area contributed by atoms with Crippen molar-refractivity contribution in [1.29, 1.82) is 0 Å². The van der Waals surface area contributed by atoms with Crippen LogP contribution in [0.25, 0.3) is 5.69 Å². The summed E-state index contributed by atoms with van der Waals surface area (Å²) in [6, 6.07) is 12.7. The van der Waals surface area contributed by atoms with E-state index in [0.717, 1.165) is 24.4 Å². The maximum atomic E-state index is 12.8. The smallest absolute Gasteiger partial charge is 0.221 e. The first kappa shape index (κ1) is 21.9. The number of nitrogens with one attached hydrogen (secondary N) is 1. The lowest BCUT2D eigenvalue weighted by Crippen LogP contribution is -2.08. The minimum absolute atomic E-state index is 0.0505. The van der Waals surface area contributed by atoms with Gasteiger partial charge in [-0.2, -0.15) is 0 Å². The van der Waals surface area contributed by atoms with Crippen LogP contribution in [-0.2, 0) is 4.79 Å². The van der Waals surface area contributed by atoms with Gasteiger partial charge in [-0.05, 0) is 49.2 Å². The first-order valence-corrected chi connectivity index (χ1v) is 11.2. The van der Waals surface area contributed by atoms with Crippen molar-refractivity contribution < 1.29 is 19.1 Å². The molecule has 1 fully saturated rings. The molecule has 1 saturated carbocycles. The van der Waals surface area contributed by atoms with Gasteiger partial charge in [0.1, 0.15) is 5.82 Å². The van der Waals surface area contributed by atoms with E-state index in [1.165, 1.54) is 25.8 Å². The molecule has 1 aromatic heterocycles. The zero-order valence-electron chi connectivity index (χ0n) is 18.1. The number of ether oxygens (including phenoxy) is 2. The SMILES string of the molecule is COc1ccc(C(=O)CSc2nnc(C3CC3)n2-c2cccc(NC(C)=O)c2)cc1OC. The summed E-state index contributed by atoms with van der Waals surface area (Å²) in [6.45, 7) is 1.47. The molecule has 0 saturated heterocycles. The number of anilines is 1. The van der Waals surface area contributed by atoms with Crippen molar-refractivity contribution in [3.05, 3.63) is 53.9 Å². The van der Waals surface area contributed by atoms with Gasteiger partial charge < -0.3 is 14.8 Å². The second-order valence-corrected chi connectivity index (χ2v) is 8.41. The molecule has 1 N–H and O–H groups in total. The van der Waals surface area contributed by atoms with Gasteiger partial charge in [0.05, 0.1) is 25.7 Å². The van der Waals surface area contributed by atoms with E-state index >= 15 is 0 Å². The summed E-state index contributed by atoms with van der Waals surface area (Å²) in [5, 5.41) is 12.2. The number of hydrogen-bond acceptors (Lipinski definition) is 7. The average molecular weight is 453 g/mol. The normalized spacial score (nSPS) is 13.0. The van der Waals surface area contributed by atoms with E-state index in [2.05, 4.69) is 15.5 Å². The van der Waals surface area contributed by atoms with Crippen molar-refractivity contribution in [3.63, 3.8) is 0 Å². The van der Waals surface area contributed by atoms with Crippen LogP contribution in [0.5, 0.6) is 11.5 Å². The summed E-state index contributed by atoms with van der Waals surface area (Å²) in [5.74, 6) is 2.34. The van der Waals surface area contributed by atoms with Crippen LogP contribution in [0.3, 0.4) is 0 Å². The Morgan fingerprint density at radius 1 is 1.09 bits per heavy atom. The largest absolute Gasteiger partial charge is 0.493 e. The highest BCUT2D eigenvalue weighted by Gasteiger charge is 2.31. The summed E-state index contributed by atoms with van der Waals surface area (Å²) in [6.07, 6.45) is 2.14. The number of ketones is 1. The highest BCUT2D eigenvalue weighted by atomic mass is 32.2. The molecule has 3 aromatic rings. The predicted molar refractivity (Wildman–Crippen MR) is 122 cm³/mol. The summed E-state index contributed by atoms with van der Waals surface area (Å²) in [4.78, 5) is 24.3. The summed E-state index contributed by atoms with van der Waals surface area (Å²) in [7, 11) is 3.10. The number of methoxy groups -OCH3 is 2. The Hall–Kier alpha value is -3.33. The van der Waals surface area contributed by atoms with Gasteiger partial charge in [-0.3, -0.25) is 14.2 Å². The molecule has 8 nitrogen and oxygen atoms in total. The Morgan fingerprint density at radius 2 is 1.88 bits per heavy atom. The van der Waals surface area contributed by atoms with Crippen molar-refractivity contribution in [3.8, 4) is 17.2 Å². The van der Waals surface area contributed by atoms with Crippen molar-refractivity contribution in [2.24, 2.45) is 0 Å². The van der Waals surface area contributed by atoms with Crippen LogP contribution in [0.1, 0.15) is 41.9 Å². The van der Waals surface area contributed by atoms with E-state index in [0.29, 0.717) is 33.8 Å². The number of aromatic nitrogens is 3. The van der Waals surface area contributed by atoms with Crippen molar-refractivity contribution in [2.45, 2.75) is 30.8 Å². The summed E-state index contributed by atoms with van der Waals surface area (Å²) >= 11 is 1.33. The second-order valence-electron chi connectivity index (χ2n) is 7.46. The first-order valence-electron chi connectivity index (χ1n) is 10.2. The Kier molecular flexibility index (Phi) is 6.45. The third-order valence-electron chi connectivity index (χ3n) is 5.06. The van der Waals surface area contributed by atoms with E-state index in [-0.39, 0.29) is 17.4 Å². The highest BCUT2D eigenvalue weighted by Crippen LogP contribution is 2.41. The molecule has 166 valence electrons. The molecular weight excluding hydrogens is 428 g/mol. The number of nitrogens with zero attached hydrogens (tertiary/aromatic N) is 3. The molecule has 4 rings (SSSR count). The van der Waals surface area contributed by atoms with Crippen molar-refractivity contribution in [2.75, 3.05) is 25.3 Å². The lowest BCUT2D eigenvalue weighted by atomic mass is 10.1. The van der Waals surface area contributed by atoms with Crippen LogP contribution >= 0.6 is 11.8 Å². The molecule has 2 aromatic carbocycles. The van der Waals surface area contributed by atoms with Gasteiger partial charge >= 0.3 is 0 Å². The zero-order chi connectivity index (χ0) is 22.7. The number of thioether (sulfide) groups is 1. The van der Waals surface area contributed by atoms with Gasteiger partial charge in [0.15, 0.2) is 22.4 Å². The lowest BCUT2D eigenvalue weighted by Gasteiger charge is -2.12. The number of hydrogen-bond donors (Lipinski definition) is 1. The minimum atomic E-state index is -0.136. The van der Waals surface area contributed by atoms with E-state index in [9.17, 15) is 9.59 Å². The number of carbonyl (C=O) groups is 2. The average Bonchev–Trinajstić information content (AvgIpc) is 3.55. The van der Waals surface area contributed by atoms with Crippen LogP contribution in [0.15, 0.2) is 47.6 Å².